The third-order valence-corrected chi connectivity index (χ3v) is 7.13. The van der Waals surface area contributed by atoms with Gasteiger partial charge in [-0.1, -0.05) is 30.0 Å². The van der Waals surface area contributed by atoms with Gasteiger partial charge < -0.3 is 14.9 Å². The highest BCUT2D eigenvalue weighted by atomic mass is 31.2. The van der Waals surface area contributed by atoms with Crippen molar-refractivity contribution in [2.45, 2.75) is 6.54 Å². The van der Waals surface area contributed by atoms with E-state index < -0.39 is 7.60 Å². The van der Waals surface area contributed by atoms with Crippen molar-refractivity contribution in [1.82, 2.24) is 0 Å². The molecule has 1 atom stereocenters. The van der Waals surface area contributed by atoms with E-state index in [-0.39, 0.29) is 35.4 Å². The minimum atomic E-state index is -4.14. The highest BCUT2D eigenvalue weighted by Crippen LogP contribution is 2.35. The molecule has 176 valence electrons. The molecule has 1 aromatic heterocycles. The molecule has 1 unspecified atom stereocenters. The van der Waals surface area contributed by atoms with E-state index in [0.29, 0.717) is 5.56 Å². The minimum absolute atomic E-state index is 0.130. The number of para-hydroxylation sites is 2. The van der Waals surface area contributed by atoms with Gasteiger partial charge in [-0.3, -0.25) is 14.3 Å². The lowest BCUT2D eigenvalue weighted by atomic mass is 9.84. The van der Waals surface area contributed by atoms with E-state index >= 15 is 0 Å². The maximum atomic E-state index is 13.0. The van der Waals surface area contributed by atoms with Crippen LogP contribution in [0.1, 0.15) is 11.1 Å². The van der Waals surface area contributed by atoms with Gasteiger partial charge in [0.05, 0.1) is 18.6 Å². The van der Waals surface area contributed by atoms with Gasteiger partial charge in [-0.2, -0.15) is 4.57 Å². The van der Waals surface area contributed by atoms with E-state index in [0.717, 1.165) is 32.6 Å². The quantitative estimate of drug-likeness (QED) is 0.288. The first-order valence-corrected chi connectivity index (χ1v) is 13.0. The second-order valence-corrected chi connectivity index (χ2v) is 10.4. The molecule has 5 rings (SSSR count). The fourth-order valence-corrected chi connectivity index (χ4v) is 4.95. The molecular weight excluding hydrogens is 463 g/mol. The first kappa shape index (κ1) is 23.1. The van der Waals surface area contributed by atoms with E-state index in [2.05, 4.69) is 0 Å². The zero-order valence-corrected chi connectivity index (χ0v) is 19.9. The largest absolute Gasteiger partial charge is 0.871 e. The van der Waals surface area contributed by atoms with Crippen molar-refractivity contribution < 1.29 is 33.7 Å². The molecule has 0 saturated carbocycles. The van der Waals surface area contributed by atoms with Crippen LogP contribution in [0.3, 0.4) is 0 Å². The number of nitrogens with zero attached hydrogens (tertiary/aromatic N) is 1. The third-order valence-electron chi connectivity index (χ3n) is 6.34. The average molecular weight is 487 g/mol. The molecule has 0 saturated heterocycles. The van der Waals surface area contributed by atoms with Gasteiger partial charge >= 0.3 is 7.60 Å². The van der Waals surface area contributed by atoms with Crippen molar-refractivity contribution in [1.29, 1.82) is 0 Å². The summed E-state index contributed by atoms with van der Waals surface area (Å²) in [5, 5.41) is 13.7. The van der Waals surface area contributed by atoms with Crippen LogP contribution in [0.25, 0.3) is 22.6 Å². The van der Waals surface area contributed by atoms with E-state index in [9.17, 15) is 24.3 Å². The molecule has 2 aromatic carbocycles. The predicted molar refractivity (Wildman–Crippen MR) is 131 cm³/mol. The van der Waals surface area contributed by atoms with Gasteiger partial charge in [0.25, 0.3) is 0 Å². The third kappa shape index (κ3) is 4.43. The number of carbonyl (C=O) groups is 1. The zero-order valence-electron chi connectivity index (χ0n) is 19.0. The summed E-state index contributed by atoms with van der Waals surface area (Å²) in [5.41, 5.74) is 4.67. The van der Waals surface area contributed by atoms with Gasteiger partial charge in [-0.25, -0.2) is 0 Å². The Morgan fingerprint density at radius 1 is 1.06 bits per heavy atom. The number of aromatic nitrogens is 1. The number of hydrogen-bond acceptors (Lipinski definition) is 3. The van der Waals surface area contributed by atoms with E-state index in [4.69, 9.17) is 0 Å². The molecule has 3 aromatic rings. The molecule has 0 radical (unpaired) electrons. The molecule has 1 aliphatic heterocycles. The summed E-state index contributed by atoms with van der Waals surface area (Å²) >= 11 is 0. The lowest BCUT2D eigenvalue weighted by Crippen LogP contribution is -2.99. The average Bonchev–Trinajstić information content (AvgIpc) is 2.85. The molecule has 8 heteroatoms. The van der Waals surface area contributed by atoms with Crippen LogP contribution in [0.5, 0.6) is 0 Å². The summed E-state index contributed by atoms with van der Waals surface area (Å²) in [7, 11) is -2.11. The highest BCUT2D eigenvalue weighted by Gasteiger charge is 2.28. The molecule has 2 heterocycles. The van der Waals surface area contributed by atoms with E-state index in [1.807, 2.05) is 67.9 Å². The van der Waals surface area contributed by atoms with Crippen molar-refractivity contribution in [3.05, 3.63) is 107 Å². The van der Waals surface area contributed by atoms with Crippen LogP contribution in [-0.4, -0.2) is 28.8 Å². The summed E-state index contributed by atoms with van der Waals surface area (Å²) < 4.78 is 13.1. The monoisotopic (exact) mass is 487 g/mol. The van der Waals surface area contributed by atoms with Crippen LogP contribution in [0.2, 0.25) is 0 Å². The summed E-state index contributed by atoms with van der Waals surface area (Å²) in [6, 6.07) is 17.0. The molecule has 7 nitrogen and oxygen atoms in total. The number of hydrogen-bond donors (Lipinski definition) is 3. The molecule has 0 bridgehead atoms. The normalized spacial score (nSPS) is 20.0. The molecule has 2 aliphatic rings. The molecule has 0 spiro atoms. The Balaban J connectivity index is 1.50. The van der Waals surface area contributed by atoms with Crippen LogP contribution in [-0.2, 0) is 15.9 Å². The number of aryl methyl sites for hydroxylation is 1. The van der Waals surface area contributed by atoms with E-state index in [1.165, 1.54) is 0 Å². The van der Waals surface area contributed by atoms with Crippen LogP contribution < -0.4 is 14.6 Å². The SMILES string of the molecule is C[NH+]1C=CC(=CC2=C([O-])C(=Cc3cc[n+](CCP(=O)(O)O)c4ccccc34)C2=O)c2ccccc21. The Morgan fingerprint density at radius 2 is 1.80 bits per heavy atom. The predicted octanol–water partition coefficient (Wildman–Crippen LogP) is 1.64. The van der Waals surface area contributed by atoms with Gasteiger partial charge in [0, 0.05) is 34.9 Å². The second-order valence-electron chi connectivity index (χ2n) is 8.66. The highest BCUT2D eigenvalue weighted by molar-refractivity contribution is 7.51. The van der Waals surface area contributed by atoms with Crippen molar-refractivity contribution in [3.63, 3.8) is 0 Å². The molecule has 35 heavy (non-hydrogen) atoms. The molecule has 0 fully saturated rings. The van der Waals surface area contributed by atoms with Crippen LogP contribution in [0, 0.1) is 0 Å². The number of rotatable bonds is 5. The Morgan fingerprint density at radius 3 is 2.57 bits per heavy atom. The fraction of sp³-hybridized carbons (Fsp3) is 0.111. The number of nitrogens with one attached hydrogen (secondary N) is 1. The summed E-state index contributed by atoms with van der Waals surface area (Å²) in [6.07, 6.45) is 8.62. The smallest absolute Gasteiger partial charge is 0.331 e. The van der Waals surface area contributed by atoms with Gasteiger partial charge in [-0.15, -0.1) is 0 Å². The molecule has 3 N–H and O–H groups in total. The maximum absolute atomic E-state index is 13.0. The van der Waals surface area contributed by atoms with Crippen molar-refractivity contribution >= 4 is 41.6 Å². The first-order chi connectivity index (χ1) is 16.7. The van der Waals surface area contributed by atoms with Gasteiger partial charge in [-0.05, 0) is 41.5 Å². The van der Waals surface area contributed by atoms with Gasteiger partial charge in [0.2, 0.25) is 5.52 Å². The number of fused-ring (bicyclic) bond motifs is 2. The standard InChI is InChI=1S/C27H23N2O5P/c1-28-12-10-18(20-6-2-4-8-24(20)28)16-22-26(30)23(27(22)31)17-19-11-13-29(14-15-35(32,33)34)25-9-5-3-7-21(19)25/h2-13,16-17H,14-15H2,1H3,(H2-,30,31,32,33,34)/p+1. The van der Waals surface area contributed by atoms with Crippen LogP contribution in [0.4, 0.5) is 5.69 Å². The Kier molecular flexibility index (Phi) is 5.87. The van der Waals surface area contributed by atoms with Gasteiger partial charge in [0.15, 0.2) is 18.5 Å². The Hall–Kier alpha value is -3.61. The fourth-order valence-electron chi connectivity index (χ4n) is 4.47. The van der Waals surface area contributed by atoms with Crippen LogP contribution in [0.15, 0.2) is 96.1 Å². The molecule has 0 amide bonds. The Labute approximate surface area is 202 Å². The van der Waals surface area contributed by atoms with Crippen LogP contribution >= 0.6 is 7.60 Å². The molecule has 1 aliphatic carbocycles. The topological polar surface area (TPSA) is 106 Å². The summed E-state index contributed by atoms with van der Waals surface area (Å²) in [6.45, 7) is 0.150. The molecular formula is C27H24N2O5P+. The van der Waals surface area contributed by atoms with Gasteiger partial charge in [0.1, 0.15) is 11.8 Å². The Bertz CT molecular complexity index is 1540. The number of carbonyl (C=O) groups excluding carboxylic acids is 1. The summed E-state index contributed by atoms with van der Waals surface area (Å²) in [5.74, 6) is -0.580. The second kappa shape index (κ2) is 8.87. The maximum Gasteiger partial charge on any atom is 0.331 e. The van der Waals surface area contributed by atoms with E-state index in [1.54, 1.807) is 29.0 Å². The number of quaternary nitrogens is 1. The number of Topliss-reactive ketones (excluding diaryl/α,β-unsaturated/α-hetero) is 1. The number of pyridine rings is 1. The van der Waals surface area contributed by atoms with Crippen molar-refractivity contribution in [3.8, 4) is 0 Å². The zero-order chi connectivity index (χ0) is 24.7. The lowest BCUT2D eigenvalue weighted by molar-refractivity contribution is -0.751. The lowest BCUT2D eigenvalue weighted by Gasteiger charge is -2.29. The minimum Gasteiger partial charge on any atom is -0.871 e. The van der Waals surface area contributed by atoms with Crippen molar-refractivity contribution in [2.75, 3.05) is 13.2 Å². The summed E-state index contributed by atoms with van der Waals surface area (Å²) in [4.78, 5) is 32.5. The number of allylic oxidation sites excluding steroid dienone is 5. The van der Waals surface area contributed by atoms with Crippen molar-refractivity contribution in [2.24, 2.45) is 0 Å². The number of benzene rings is 2. The number of ketones is 1. The first-order valence-electron chi connectivity index (χ1n) is 11.2.